The fourth-order valence-electron chi connectivity index (χ4n) is 5.72. The molecule has 172 valence electrons. The minimum absolute atomic E-state index is 0.0510. The van der Waals surface area contributed by atoms with Crippen molar-refractivity contribution >= 4 is 10.0 Å². The Kier molecular flexibility index (Phi) is 6.12. The number of benzene rings is 3. The Labute approximate surface area is 196 Å². The molecule has 0 aromatic heterocycles. The van der Waals surface area contributed by atoms with Gasteiger partial charge in [0.1, 0.15) is 0 Å². The van der Waals surface area contributed by atoms with Gasteiger partial charge in [0.2, 0.25) is 10.0 Å². The minimum atomic E-state index is -3.70. The normalized spacial score (nSPS) is 23.4. The van der Waals surface area contributed by atoms with Gasteiger partial charge in [0, 0.05) is 12.0 Å². The second-order valence-corrected chi connectivity index (χ2v) is 11.2. The number of rotatable bonds is 4. The van der Waals surface area contributed by atoms with Crippen molar-refractivity contribution in [1.82, 2.24) is 4.72 Å². The largest absolute Gasteiger partial charge is 0.391 e. The Balaban J connectivity index is 1.48. The fourth-order valence-corrected chi connectivity index (χ4v) is 7.01. The van der Waals surface area contributed by atoms with Gasteiger partial charge in [-0.2, -0.15) is 0 Å². The van der Waals surface area contributed by atoms with E-state index in [1.807, 2.05) is 6.92 Å². The standard InChI is InChI=1S/C28H31NO3S/c1-19-13-17-22(18-14-19)33(31,32)29-26-12-6-11-25(28(26)30)27-23-9-4-2-7-20(23)15-16-21-8-3-5-10-24(21)27/h2-5,7-10,13-14,17-18,25-30H,6,11-12,15-16H2,1H3. The van der Waals surface area contributed by atoms with E-state index in [1.54, 1.807) is 24.3 Å². The van der Waals surface area contributed by atoms with Crippen molar-refractivity contribution in [3.05, 3.63) is 101 Å². The van der Waals surface area contributed by atoms with Crippen LogP contribution in [-0.4, -0.2) is 25.7 Å². The third kappa shape index (κ3) is 4.37. The van der Waals surface area contributed by atoms with Gasteiger partial charge in [-0.15, -0.1) is 0 Å². The zero-order valence-electron chi connectivity index (χ0n) is 18.9. The van der Waals surface area contributed by atoms with E-state index < -0.39 is 22.2 Å². The number of aryl methyl sites for hydroxylation is 3. The number of sulfonamides is 1. The van der Waals surface area contributed by atoms with E-state index >= 15 is 0 Å². The van der Waals surface area contributed by atoms with E-state index in [2.05, 4.69) is 53.3 Å². The highest BCUT2D eigenvalue weighted by Crippen LogP contribution is 2.45. The minimum Gasteiger partial charge on any atom is -0.391 e. The highest BCUT2D eigenvalue weighted by atomic mass is 32.2. The molecule has 0 bridgehead atoms. The maximum absolute atomic E-state index is 13.1. The first-order valence-electron chi connectivity index (χ1n) is 11.9. The molecule has 0 saturated heterocycles. The van der Waals surface area contributed by atoms with Crippen LogP contribution in [0.15, 0.2) is 77.7 Å². The smallest absolute Gasteiger partial charge is 0.240 e. The third-order valence-corrected chi connectivity index (χ3v) is 8.92. The van der Waals surface area contributed by atoms with Crippen LogP contribution >= 0.6 is 0 Å². The van der Waals surface area contributed by atoms with Crippen molar-refractivity contribution in [2.45, 2.75) is 62.0 Å². The zero-order chi connectivity index (χ0) is 23.0. The van der Waals surface area contributed by atoms with Gasteiger partial charge in [0.15, 0.2) is 0 Å². The lowest BCUT2D eigenvalue weighted by Gasteiger charge is -2.40. The molecule has 3 aromatic rings. The van der Waals surface area contributed by atoms with E-state index in [4.69, 9.17) is 0 Å². The lowest BCUT2D eigenvalue weighted by atomic mass is 9.70. The van der Waals surface area contributed by atoms with Crippen LogP contribution in [0, 0.1) is 12.8 Å². The average Bonchev–Trinajstić information content (AvgIpc) is 2.98. The molecule has 0 amide bonds. The summed E-state index contributed by atoms with van der Waals surface area (Å²) in [6.45, 7) is 1.93. The summed E-state index contributed by atoms with van der Waals surface area (Å²) in [5, 5.41) is 11.6. The number of nitrogens with one attached hydrogen (secondary N) is 1. The fraction of sp³-hybridized carbons (Fsp3) is 0.357. The molecule has 2 aliphatic carbocycles. The molecule has 5 rings (SSSR count). The number of aliphatic hydroxyl groups is 1. The predicted octanol–water partition coefficient (Wildman–Crippen LogP) is 4.73. The van der Waals surface area contributed by atoms with Crippen molar-refractivity contribution in [2.75, 3.05) is 0 Å². The lowest BCUT2D eigenvalue weighted by molar-refractivity contribution is 0.0377. The number of fused-ring (bicyclic) bond motifs is 2. The summed E-state index contributed by atoms with van der Waals surface area (Å²) in [5.41, 5.74) is 6.21. The summed E-state index contributed by atoms with van der Waals surface area (Å²) in [7, 11) is -3.70. The van der Waals surface area contributed by atoms with Gasteiger partial charge in [-0.25, -0.2) is 13.1 Å². The zero-order valence-corrected chi connectivity index (χ0v) is 19.8. The Morgan fingerprint density at radius 1 is 0.818 bits per heavy atom. The molecule has 1 saturated carbocycles. The molecule has 5 heteroatoms. The van der Waals surface area contributed by atoms with Crippen LogP contribution in [0.4, 0.5) is 0 Å². The van der Waals surface area contributed by atoms with Crippen LogP contribution in [0.2, 0.25) is 0 Å². The number of hydrogen-bond donors (Lipinski definition) is 2. The van der Waals surface area contributed by atoms with E-state index in [9.17, 15) is 13.5 Å². The molecule has 0 aliphatic heterocycles. The van der Waals surface area contributed by atoms with Crippen molar-refractivity contribution in [1.29, 1.82) is 0 Å². The molecule has 33 heavy (non-hydrogen) atoms. The van der Waals surface area contributed by atoms with Gasteiger partial charge >= 0.3 is 0 Å². The second kappa shape index (κ2) is 9.05. The first-order chi connectivity index (χ1) is 15.9. The Hall–Kier alpha value is -2.47. The van der Waals surface area contributed by atoms with Gasteiger partial charge in [-0.1, -0.05) is 72.6 Å². The molecule has 2 N–H and O–H groups in total. The highest BCUT2D eigenvalue weighted by molar-refractivity contribution is 7.89. The monoisotopic (exact) mass is 461 g/mol. The summed E-state index contributed by atoms with van der Waals surface area (Å²) >= 11 is 0. The molecule has 1 fully saturated rings. The van der Waals surface area contributed by atoms with Crippen molar-refractivity contribution in [2.24, 2.45) is 5.92 Å². The van der Waals surface area contributed by atoms with Crippen LogP contribution in [0.25, 0.3) is 0 Å². The predicted molar refractivity (Wildman–Crippen MR) is 131 cm³/mol. The van der Waals surface area contributed by atoms with Crippen LogP contribution < -0.4 is 4.72 Å². The number of hydrogen-bond acceptors (Lipinski definition) is 3. The SMILES string of the molecule is Cc1ccc(S(=O)(=O)NC2CCCC(C3c4ccccc4CCc4ccccc43)C2O)cc1. The Morgan fingerprint density at radius 3 is 2.00 bits per heavy atom. The van der Waals surface area contributed by atoms with Crippen LogP contribution in [-0.2, 0) is 22.9 Å². The summed E-state index contributed by atoms with van der Waals surface area (Å²) < 4.78 is 29.0. The summed E-state index contributed by atoms with van der Waals surface area (Å²) in [5.74, 6) is 0.00597. The molecule has 3 aromatic carbocycles. The molecular weight excluding hydrogens is 430 g/mol. The van der Waals surface area contributed by atoms with Crippen molar-refractivity contribution in [3.8, 4) is 0 Å². The first-order valence-corrected chi connectivity index (χ1v) is 13.3. The molecule has 3 atom stereocenters. The lowest BCUT2D eigenvalue weighted by Crippen LogP contribution is -2.50. The highest BCUT2D eigenvalue weighted by Gasteiger charge is 2.41. The maximum atomic E-state index is 13.1. The number of aliphatic hydroxyl groups excluding tert-OH is 1. The molecular formula is C28H31NO3S. The molecule has 4 nitrogen and oxygen atoms in total. The van der Waals surface area contributed by atoms with E-state index in [0.29, 0.717) is 6.42 Å². The van der Waals surface area contributed by atoms with Crippen molar-refractivity contribution in [3.63, 3.8) is 0 Å². The molecule has 0 heterocycles. The van der Waals surface area contributed by atoms with Gasteiger partial charge in [-0.3, -0.25) is 0 Å². The van der Waals surface area contributed by atoms with Crippen molar-refractivity contribution < 1.29 is 13.5 Å². The van der Waals surface area contributed by atoms with Gasteiger partial charge in [0.05, 0.1) is 11.0 Å². The van der Waals surface area contributed by atoms with Gasteiger partial charge in [-0.05, 0) is 72.9 Å². The molecule has 2 aliphatic rings. The van der Waals surface area contributed by atoms with Crippen LogP contribution in [0.5, 0.6) is 0 Å². The molecule has 0 radical (unpaired) electrons. The Morgan fingerprint density at radius 2 is 1.39 bits per heavy atom. The van der Waals surface area contributed by atoms with Crippen LogP contribution in [0.3, 0.4) is 0 Å². The van der Waals surface area contributed by atoms with E-state index in [-0.39, 0.29) is 16.7 Å². The molecule has 0 spiro atoms. The van der Waals surface area contributed by atoms with E-state index in [1.165, 1.54) is 22.3 Å². The van der Waals surface area contributed by atoms with Gasteiger partial charge in [0.25, 0.3) is 0 Å². The second-order valence-electron chi connectivity index (χ2n) is 9.50. The quantitative estimate of drug-likeness (QED) is 0.590. The summed E-state index contributed by atoms with van der Waals surface area (Å²) in [6, 6.07) is 23.4. The Bertz CT molecular complexity index is 1190. The van der Waals surface area contributed by atoms with Crippen LogP contribution in [0.1, 0.15) is 53.0 Å². The topological polar surface area (TPSA) is 66.4 Å². The van der Waals surface area contributed by atoms with E-state index in [0.717, 1.165) is 31.2 Å². The third-order valence-electron chi connectivity index (χ3n) is 7.41. The average molecular weight is 462 g/mol. The van der Waals surface area contributed by atoms with Gasteiger partial charge < -0.3 is 5.11 Å². The summed E-state index contributed by atoms with van der Waals surface area (Å²) in [4.78, 5) is 0.243. The molecule has 3 unspecified atom stereocenters. The first kappa shape index (κ1) is 22.3. The summed E-state index contributed by atoms with van der Waals surface area (Å²) in [6.07, 6.45) is 3.59. The maximum Gasteiger partial charge on any atom is 0.240 e.